The third-order valence-corrected chi connectivity index (χ3v) is 2.00. The minimum Gasteiger partial charge on any atom is -0.336 e. The Labute approximate surface area is 79.3 Å². The molecule has 0 atom stereocenters. The molecule has 0 aliphatic carbocycles. The second-order valence-electron chi connectivity index (χ2n) is 3.13. The van der Waals surface area contributed by atoms with E-state index in [-0.39, 0.29) is 0 Å². The van der Waals surface area contributed by atoms with E-state index in [4.69, 9.17) is 0 Å². The van der Waals surface area contributed by atoms with Crippen LogP contribution < -0.4 is 5.49 Å². The fraction of sp³-hybridized carbons (Fsp3) is 0.364. The molecule has 0 aliphatic heterocycles. The maximum Gasteiger partial charge on any atom is 0.132 e. The Hall–Kier alpha value is -1.31. The molecule has 2 heteroatoms. The molecule has 0 fully saturated rings. The summed E-state index contributed by atoms with van der Waals surface area (Å²) >= 11 is 0. The molecule has 0 aliphatic rings. The Bertz CT molecular complexity index is 358. The van der Waals surface area contributed by atoms with Gasteiger partial charge in [0.25, 0.3) is 0 Å². The lowest BCUT2D eigenvalue weighted by Gasteiger charge is -1.96. The highest BCUT2D eigenvalue weighted by atomic mass is 15.0. The number of aromatic nitrogens is 1. The Kier molecular flexibility index (Phi) is 3.50. The largest absolute Gasteiger partial charge is 0.336 e. The van der Waals surface area contributed by atoms with Crippen molar-refractivity contribution < 1.29 is 0 Å². The summed E-state index contributed by atoms with van der Waals surface area (Å²) in [5.74, 6) is 0. The van der Waals surface area contributed by atoms with Gasteiger partial charge in [-0.1, -0.05) is 18.6 Å². The van der Waals surface area contributed by atoms with Crippen molar-refractivity contribution in [2.24, 2.45) is 12.0 Å². The number of pyridine rings is 1. The van der Waals surface area contributed by atoms with Gasteiger partial charge < -0.3 is 4.57 Å². The molecule has 0 bridgehead atoms. The van der Waals surface area contributed by atoms with Crippen LogP contribution in [0.2, 0.25) is 0 Å². The number of rotatable bonds is 2. The quantitative estimate of drug-likeness (QED) is 0.657. The number of hydrogen-bond donors (Lipinski definition) is 0. The standard InChI is InChI=1S/C11H16N2/c1-4-10(2)9-12-11-7-5-6-8-13(11)3/h5-9H,4H2,1-3H3/b10-9-,12-11?. The molecule has 1 heterocycles. The Morgan fingerprint density at radius 3 is 2.92 bits per heavy atom. The van der Waals surface area contributed by atoms with Crippen molar-refractivity contribution >= 4 is 0 Å². The minimum atomic E-state index is 0.982. The van der Waals surface area contributed by atoms with Gasteiger partial charge in [-0.05, 0) is 25.5 Å². The summed E-state index contributed by atoms with van der Waals surface area (Å²) in [7, 11) is 1.99. The summed E-state index contributed by atoms with van der Waals surface area (Å²) < 4.78 is 2.00. The lowest BCUT2D eigenvalue weighted by molar-refractivity contribution is 0.832. The molecule has 13 heavy (non-hydrogen) atoms. The van der Waals surface area contributed by atoms with E-state index in [2.05, 4.69) is 18.8 Å². The average molecular weight is 176 g/mol. The Morgan fingerprint density at radius 2 is 2.31 bits per heavy atom. The SMILES string of the molecule is CC/C(C)=C\N=c1ccccn1C. The van der Waals surface area contributed by atoms with E-state index in [0.717, 1.165) is 11.9 Å². The van der Waals surface area contributed by atoms with Gasteiger partial charge in [0, 0.05) is 19.4 Å². The highest BCUT2D eigenvalue weighted by Crippen LogP contribution is 1.96. The third-order valence-electron chi connectivity index (χ3n) is 2.00. The van der Waals surface area contributed by atoms with E-state index in [1.807, 2.05) is 42.2 Å². The molecule has 1 aromatic heterocycles. The van der Waals surface area contributed by atoms with Crippen LogP contribution in [0.1, 0.15) is 20.3 Å². The lowest BCUT2D eigenvalue weighted by atomic mass is 10.3. The topological polar surface area (TPSA) is 17.3 Å². The van der Waals surface area contributed by atoms with Gasteiger partial charge in [0.05, 0.1) is 0 Å². The molecule has 1 aromatic rings. The Balaban J connectivity index is 3.01. The van der Waals surface area contributed by atoms with Gasteiger partial charge in [-0.3, -0.25) is 0 Å². The van der Waals surface area contributed by atoms with Crippen molar-refractivity contribution in [1.82, 2.24) is 4.57 Å². The molecule has 0 aromatic carbocycles. The van der Waals surface area contributed by atoms with E-state index < -0.39 is 0 Å². The zero-order valence-electron chi connectivity index (χ0n) is 8.49. The monoisotopic (exact) mass is 176 g/mol. The summed E-state index contributed by atoms with van der Waals surface area (Å²) in [6.45, 7) is 4.22. The van der Waals surface area contributed by atoms with Gasteiger partial charge in [-0.25, -0.2) is 4.99 Å². The fourth-order valence-corrected chi connectivity index (χ4v) is 0.916. The predicted molar refractivity (Wildman–Crippen MR) is 55.0 cm³/mol. The number of hydrogen-bond acceptors (Lipinski definition) is 1. The second kappa shape index (κ2) is 4.65. The zero-order chi connectivity index (χ0) is 9.68. The summed E-state index contributed by atoms with van der Waals surface area (Å²) in [4.78, 5) is 4.38. The van der Waals surface area contributed by atoms with E-state index in [9.17, 15) is 0 Å². The molecule has 0 radical (unpaired) electrons. The van der Waals surface area contributed by atoms with Gasteiger partial charge in [0.2, 0.25) is 0 Å². The van der Waals surface area contributed by atoms with Crippen LogP contribution in [-0.2, 0) is 7.05 Å². The highest BCUT2D eigenvalue weighted by molar-refractivity contribution is 4.98. The molecule has 2 nitrogen and oxygen atoms in total. The predicted octanol–water partition coefficient (Wildman–Crippen LogP) is 2.24. The van der Waals surface area contributed by atoms with Gasteiger partial charge in [0.15, 0.2) is 0 Å². The van der Waals surface area contributed by atoms with Crippen molar-refractivity contribution in [2.75, 3.05) is 0 Å². The lowest BCUT2D eigenvalue weighted by Crippen LogP contribution is -2.14. The second-order valence-corrected chi connectivity index (χ2v) is 3.13. The summed E-state index contributed by atoms with van der Waals surface area (Å²) in [5, 5.41) is 0. The third kappa shape index (κ3) is 2.90. The molecule has 0 spiro atoms. The van der Waals surface area contributed by atoms with Crippen LogP contribution in [0.3, 0.4) is 0 Å². The van der Waals surface area contributed by atoms with Crippen LogP contribution in [-0.4, -0.2) is 4.57 Å². The summed E-state index contributed by atoms with van der Waals surface area (Å²) in [6.07, 6.45) is 4.98. The van der Waals surface area contributed by atoms with Crippen molar-refractivity contribution in [1.29, 1.82) is 0 Å². The molecule has 0 saturated heterocycles. The average Bonchev–Trinajstić information content (AvgIpc) is 2.16. The summed E-state index contributed by atoms with van der Waals surface area (Å²) in [6, 6.07) is 5.99. The Morgan fingerprint density at radius 1 is 1.54 bits per heavy atom. The van der Waals surface area contributed by atoms with E-state index >= 15 is 0 Å². The van der Waals surface area contributed by atoms with Gasteiger partial charge >= 0.3 is 0 Å². The molecule has 0 amide bonds. The maximum atomic E-state index is 4.38. The maximum absolute atomic E-state index is 4.38. The minimum absolute atomic E-state index is 0.982. The normalized spacial score (nSPS) is 13.5. The smallest absolute Gasteiger partial charge is 0.132 e. The number of nitrogens with zero attached hydrogens (tertiary/aromatic N) is 2. The molecule has 0 unspecified atom stereocenters. The number of allylic oxidation sites excluding steroid dienone is 1. The fourth-order valence-electron chi connectivity index (χ4n) is 0.916. The number of aryl methyl sites for hydroxylation is 1. The van der Waals surface area contributed by atoms with E-state index in [0.29, 0.717) is 0 Å². The van der Waals surface area contributed by atoms with Crippen LogP contribution in [0.4, 0.5) is 0 Å². The molecular formula is C11H16N2. The molecular weight excluding hydrogens is 160 g/mol. The van der Waals surface area contributed by atoms with E-state index in [1.165, 1.54) is 5.57 Å². The first-order valence-corrected chi connectivity index (χ1v) is 4.55. The molecule has 0 N–H and O–H groups in total. The van der Waals surface area contributed by atoms with Crippen LogP contribution in [0.15, 0.2) is 41.2 Å². The van der Waals surface area contributed by atoms with Crippen molar-refractivity contribution in [3.8, 4) is 0 Å². The van der Waals surface area contributed by atoms with Gasteiger partial charge in [0.1, 0.15) is 5.49 Å². The van der Waals surface area contributed by atoms with Gasteiger partial charge in [-0.15, -0.1) is 0 Å². The highest BCUT2D eigenvalue weighted by Gasteiger charge is 1.83. The molecule has 1 rings (SSSR count). The van der Waals surface area contributed by atoms with Crippen LogP contribution in [0.25, 0.3) is 0 Å². The van der Waals surface area contributed by atoms with Gasteiger partial charge in [-0.2, -0.15) is 0 Å². The first kappa shape index (κ1) is 9.78. The summed E-state index contributed by atoms with van der Waals surface area (Å²) in [5.41, 5.74) is 2.28. The molecule has 0 saturated carbocycles. The van der Waals surface area contributed by atoms with E-state index in [1.54, 1.807) is 0 Å². The van der Waals surface area contributed by atoms with Crippen LogP contribution in [0.5, 0.6) is 0 Å². The van der Waals surface area contributed by atoms with Crippen molar-refractivity contribution in [3.63, 3.8) is 0 Å². The van der Waals surface area contributed by atoms with Crippen molar-refractivity contribution in [2.45, 2.75) is 20.3 Å². The molecule has 70 valence electrons. The van der Waals surface area contributed by atoms with Crippen LogP contribution >= 0.6 is 0 Å². The van der Waals surface area contributed by atoms with Crippen LogP contribution in [0, 0.1) is 0 Å². The van der Waals surface area contributed by atoms with Crippen molar-refractivity contribution in [3.05, 3.63) is 41.7 Å². The first-order valence-electron chi connectivity index (χ1n) is 4.55. The zero-order valence-corrected chi connectivity index (χ0v) is 8.49. The first-order chi connectivity index (χ1) is 6.24.